The number of hydrogen-bond donors (Lipinski definition) is 1. The van der Waals surface area contributed by atoms with Crippen molar-refractivity contribution >= 4 is 5.91 Å². The van der Waals surface area contributed by atoms with Gasteiger partial charge in [0.25, 0.3) is 0 Å². The van der Waals surface area contributed by atoms with Crippen LogP contribution in [-0.4, -0.2) is 37.1 Å². The molecule has 1 aromatic carbocycles. The molecule has 0 heterocycles. The molecule has 0 saturated carbocycles. The average molecular weight is 278 g/mol. The SMILES string of the molecule is CCOC(C)C(=O)NCc1cccc(CN(C)CC)c1. The molecule has 4 heteroatoms. The molecule has 1 rings (SSSR count). The molecule has 1 unspecified atom stereocenters. The van der Waals surface area contributed by atoms with Gasteiger partial charge in [0.05, 0.1) is 0 Å². The van der Waals surface area contributed by atoms with Crippen molar-refractivity contribution in [2.45, 2.75) is 40.0 Å². The zero-order chi connectivity index (χ0) is 15.0. The van der Waals surface area contributed by atoms with E-state index in [-0.39, 0.29) is 5.91 Å². The molecular formula is C16H26N2O2. The van der Waals surface area contributed by atoms with Crippen molar-refractivity contribution in [1.82, 2.24) is 10.2 Å². The summed E-state index contributed by atoms with van der Waals surface area (Å²) >= 11 is 0. The summed E-state index contributed by atoms with van der Waals surface area (Å²) in [7, 11) is 2.10. The first-order valence-electron chi connectivity index (χ1n) is 7.22. The van der Waals surface area contributed by atoms with E-state index in [0.29, 0.717) is 13.2 Å². The molecular weight excluding hydrogens is 252 g/mol. The smallest absolute Gasteiger partial charge is 0.249 e. The Morgan fingerprint density at radius 1 is 1.35 bits per heavy atom. The van der Waals surface area contributed by atoms with Crippen LogP contribution in [0, 0.1) is 0 Å². The first-order valence-corrected chi connectivity index (χ1v) is 7.22. The molecule has 0 spiro atoms. The molecule has 0 fully saturated rings. The van der Waals surface area contributed by atoms with E-state index >= 15 is 0 Å². The quantitative estimate of drug-likeness (QED) is 0.792. The molecule has 4 nitrogen and oxygen atoms in total. The second-order valence-corrected chi connectivity index (χ2v) is 4.97. The lowest BCUT2D eigenvalue weighted by atomic mass is 10.1. The summed E-state index contributed by atoms with van der Waals surface area (Å²) < 4.78 is 5.26. The molecule has 1 aromatic rings. The summed E-state index contributed by atoms with van der Waals surface area (Å²) in [6, 6.07) is 8.31. The molecule has 1 amide bonds. The Morgan fingerprint density at radius 3 is 2.70 bits per heavy atom. The minimum atomic E-state index is -0.394. The van der Waals surface area contributed by atoms with E-state index < -0.39 is 6.10 Å². The first-order chi connectivity index (χ1) is 9.56. The number of hydrogen-bond acceptors (Lipinski definition) is 3. The Kier molecular flexibility index (Phi) is 7.26. The van der Waals surface area contributed by atoms with Gasteiger partial charge in [0.2, 0.25) is 5.91 Å². The fourth-order valence-electron chi connectivity index (χ4n) is 1.92. The zero-order valence-electron chi connectivity index (χ0n) is 13.0. The monoisotopic (exact) mass is 278 g/mol. The van der Waals surface area contributed by atoms with Gasteiger partial charge in [0, 0.05) is 19.7 Å². The van der Waals surface area contributed by atoms with Crippen LogP contribution in [0.15, 0.2) is 24.3 Å². The summed E-state index contributed by atoms with van der Waals surface area (Å²) in [5.41, 5.74) is 2.38. The third-order valence-corrected chi connectivity index (χ3v) is 3.24. The lowest BCUT2D eigenvalue weighted by molar-refractivity contribution is -0.131. The number of ether oxygens (including phenoxy) is 1. The summed E-state index contributed by atoms with van der Waals surface area (Å²) in [5, 5.41) is 2.90. The highest BCUT2D eigenvalue weighted by molar-refractivity contribution is 5.80. The molecule has 20 heavy (non-hydrogen) atoms. The lowest BCUT2D eigenvalue weighted by Gasteiger charge is -2.15. The van der Waals surface area contributed by atoms with Crippen LogP contribution in [0.3, 0.4) is 0 Å². The van der Waals surface area contributed by atoms with Crippen molar-refractivity contribution < 1.29 is 9.53 Å². The highest BCUT2D eigenvalue weighted by Crippen LogP contribution is 2.07. The zero-order valence-corrected chi connectivity index (χ0v) is 13.0. The van der Waals surface area contributed by atoms with E-state index in [1.54, 1.807) is 6.92 Å². The summed E-state index contributed by atoms with van der Waals surface area (Å²) in [5.74, 6) is -0.0667. The second-order valence-electron chi connectivity index (χ2n) is 4.97. The molecule has 1 atom stereocenters. The number of rotatable bonds is 8. The molecule has 0 aliphatic carbocycles. The third kappa shape index (κ3) is 5.72. The minimum Gasteiger partial charge on any atom is -0.369 e. The van der Waals surface area contributed by atoms with Crippen LogP contribution in [-0.2, 0) is 22.6 Å². The van der Waals surface area contributed by atoms with Gasteiger partial charge in [-0.2, -0.15) is 0 Å². The molecule has 0 saturated heterocycles. The van der Waals surface area contributed by atoms with Crippen LogP contribution in [0.25, 0.3) is 0 Å². The van der Waals surface area contributed by atoms with Crippen molar-refractivity contribution in [3.05, 3.63) is 35.4 Å². The third-order valence-electron chi connectivity index (χ3n) is 3.24. The van der Waals surface area contributed by atoms with E-state index in [9.17, 15) is 4.79 Å². The van der Waals surface area contributed by atoms with Gasteiger partial charge in [-0.25, -0.2) is 0 Å². The predicted octanol–water partition coefficient (Wildman–Crippen LogP) is 2.18. The molecule has 0 aliphatic heterocycles. The topological polar surface area (TPSA) is 41.6 Å². The van der Waals surface area contributed by atoms with Crippen molar-refractivity contribution in [1.29, 1.82) is 0 Å². The van der Waals surface area contributed by atoms with Crippen LogP contribution in [0.2, 0.25) is 0 Å². The Bertz CT molecular complexity index is 421. The predicted molar refractivity (Wildman–Crippen MR) is 81.4 cm³/mol. The normalized spacial score (nSPS) is 12.4. The minimum absolute atomic E-state index is 0.0667. The van der Waals surface area contributed by atoms with Crippen LogP contribution < -0.4 is 5.32 Å². The maximum Gasteiger partial charge on any atom is 0.249 e. The standard InChI is InChI=1S/C16H26N2O2/c1-5-18(4)12-15-9-7-8-14(10-15)11-17-16(19)13(3)20-6-2/h7-10,13H,5-6,11-12H2,1-4H3,(H,17,19). The van der Waals surface area contributed by atoms with E-state index in [4.69, 9.17) is 4.74 Å². The van der Waals surface area contributed by atoms with Crippen LogP contribution in [0.1, 0.15) is 31.9 Å². The Balaban J connectivity index is 2.52. The Hall–Kier alpha value is -1.39. The van der Waals surface area contributed by atoms with Gasteiger partial charge >= 0.3 is 0 Å². The lowest BCUT2D eigenvalue weighted by Crippen LogP contribution is -2.34. The van der Waals surface area contributed by atoms with E-state index in [1.165, 1.54) is 5.56 Å². The fourth-order valence-corrected chi connectivity index (χ4v) is 1.92. The maximum absolute atomic E-state index is 11.8. The van der Waals surface area contributed by atoms with Gasteiger partial charge in [-0.15, -0.1) is 0 Å². The van der Waals surface area contributed by atoms with Crippen molar-refractivity contribution in [2.24, 2.45) is 0 Å². The largest absolute Gasteiger partial charge is 0.369 e. The van der Waals surface area contributed by atoms with Crippen LogP contribution >= 0.6 is 0 Å². The molecule has 1 N–H and O–H groups in total. The fraction of sp³-hybridized carbons (Fsp3) is 0.562. The molecule has 0 bridgehead atoms. The number of nitrogens with one attached hydrogen (secondary N) is 1. The van der Waals surface area contributed by atoms with Crippen LogP contribution in [0.5, 0.6) is 0 Å². The summed E-state index contributed by atoms with van der Waals surface area (Å²) in [4.78, 5) is 14.0. The highest BCUT2D eigenvalue weighted by atomic mass is 16.5. The van der Waals surface area contributed by atoms with Crippen molar-refractivity contribution in [3.8, 4) is 0 Å². The van der Waals surface area contributed by atoms with Crippen molar-refractivity contribution in [2.75, 3.05) is 20.2 Å². The van der Waals surface area contributed by atoms with Gasteiger partial charge in [-0.3, -0.25) is 4.79 Å². The summed E-state index contributed by atoms with van der Waals surface area (Å²) in [6.07, 6.45) is -0.394. The van der Waals surface area contributed by atoms with Gasteiger partial charge in [0.15, 0.2) is 0 Å². The van der Waals surface area contributed by atoms with Gasteiger partial charge in [-0.05, 0) is 38.6 Å². The maximum atomic E-state index is 11.8. The number of carbonyl (C=O) groups is 1. The Labute approximate surface area is 122 Å². The molecule has 112 valence electrons. The van der Waals surface area contributed by atoms with E-state index in [0.717, 1.165) is 18.7 Å². The second kappa shape index (κ2) is 8.72. The Morgan fingerprint density at radius 2 is 2.05 bits per heavy atom. The highest BCUT2D eigenvalue weighted by Gasteiger charge is 2.11. The number of carbonyl (C=O) groups excluding carboxylic acids is 1. The average Bonchev–Trinajstić information content (AvgIpc) is 2.45. The van der Waals surface area contributed by atoms with Gasteiger partial charge < -0.3 is 15.0 Å². The molecule has 0 aliphatic rings. The van der Waals surface area contributed by atoms with Crippen LogP contribution in [0.4, 0.5) is 0 Å². The number of benzene rings is 1. The summed E-state index contributed by atoms with van der Waals surface area (Å²) in [6.45, 7) is 8.83. The van der Waals surface area contributed by atoms with Gasteiger partial charge in [-0.1, -0.05) is 31.2 Å². The number of nitrogens with zero attached hydrogens (tertiary/aromatic N) is 1. The molecule has 0 radical (unpaired) electrons. The van der Waals surface area contributed by atoms with Crippen molar-refractivity contribution in [3.63, 3.8) is 0 Å². The van der Waals surface area contributed by atoms with E-state index in [1.807, 2.05) is 19.1 Å². The van der Waals surface area contributed by atoms with E-state index in [2.05, 4.69) is 36.3 Å². The number of amides is 1. The van der Waals surface area contributed by atoms with Gasteiger partial charge in [0.1, 0.15) is 6.10 Å². The molecule has 0 aromatic heterocycles. The first kappa shape index (κ1) is 16.7.